The summed E-state index contributed by atoms with van der Waals surface area (Å²) in [4.78, 5) is 16.2. The zero-order valence-electron chi connectivity index (χ0n) is 11.5. The van der Waals surface area contributed by atoms with Crippen molar-refractivity contribution < 1.29 is 4.79 Å². The molecule has 3 rings (SSSR count). The molecule has 0 spiro atoms. The standard InChI is InChI=1S/C14H12ClN5OS/c15-11-5-10(4-3-9(11)6-16)17-12(21)7-22-14-18-13(19-20-14)8-1-2-8/h3-5,8H,1-2,7H2,(H,17,21)(H,18,19,20). The van der Waals surface area contributed by atoms with Crippen LogP contribution in [0.3, 0.4) is 0 Å². The number of nitrogens with one attached hydrogen (secondary N) is 2. The van der Waals surface area contributed by atoms with Crippen LogP contribution in [0.4, 0.5) is 5.69 Å². The van der Waals surface area contributed by atoms with Gasteiger partial charge in [0.15, 0.2) is 0 Å². The Bertz CT molecular complexity index is 750. The van der Waals surface area contributed by atoms with Gasteiger partial charge >= 0.3 is 0 Å². The van der Waals surface area contributed by atoms with Gasteiger partial charge in [-0.15, -0.1) is 5.10 Å². The summed E-state index contributed by atoms with van der Waals surface area (Å²) in [6.45, 7) is 0. The lowest BCUT2D eigenvalue weighted by Crippen LogP contribution is -2.14. The number of carbonyl (C=O) groups excluding carboxylic acids is 1. The van der Waals surface area contributed by atoms with Gasteiger partial charge in [-0.2, -0.15) is 5.26 Å². The largest absolute Gasteiger partial charge is 0.325 e. The Morgan fingerprint density at radius 3 is 3.05 bits per heavy atom. The minimum Gasteiger partial charge on any atom is -0.325 e. The third-order valence-electron chi connectivity index (χ3n) is 3.15. The average Bonchev–Trinajstić information content (AvgIpc) is 3.24. The van der Waals surface area contributed by atoms with Crippen LogP contribution in [0.2, 0.25) is 5.02 Å². The fourth-order valence-electron chi connectivity index (χ4n) is 1.87. The van der Waals surface area contributed by atoms with Crippen molar-refractivity contribution in [2.45, 2.75) is 23.9 Å². The van der Waals surface area contributed by atoms with Crippen LogP contribution in [0.25, 0.3) is 0 Å². The predicted octanol–water partition coefficient (Wildman–Crippen LogP) is 2.94. The number of nitrogens with zero attached hydrogens (tertiary/aromatic N) is 3. The molecular weight excluding hydrogens is 322 g/mol. The molecule has 2 N–H and O–H groups in total. The molecule has 6 nitrogen and oxygen atoms in total. The average molecular weight is 334 g/mol. The number of benzene rings is 1. The molecule has 1 aliphatic carbocycles. The Morgan fingerprint density at radius 1 is 1.55 bits per heavy atom. The smallest absolute Gasteiger partial charge is 0.234 e. The quantitative estimate of drug-likeness (QED) is 0.820. The third-order valence-corrected chi connectivity index (χ3v) is 4.31. The molecule has 1 amide bonds. The lowest BCUT2D eigenvalue weighted by molar-refractivity contribution is -0.113. The molecule has 0 aliphatic heterocycles. The Balaban J connectivity index is 1.53. The first-order valence-corrected chi connectivity index (χ1v) is 8.06. The summed E-state index contributed by atoms with van der Waals surface area (Å²) in [7, 11) is 0. The zero-order chi connectivity index (χ0) is 15.5. The number of thioether (sulfide) groups is 1. The van der Waals surface area contributed by atoms with Crippen molar-refractivity contribution in [2.75, 3.05) is 11.1 Å². The molecule has 0 unspecified atom stereocenters. The van der Waals surface area contributed by atoms with Crippen LogP contribution in [-0.2, 0) is 4.79 Å². The summed E-state index contributed by atoms with van der Waals surface area (Å²) in [6, 6.07) is 6.74. The van der Waals surface area contributed by atoms with E-state index < -0.39 is 0 Å². The fourth-order valence-corrected chi connectivity index (χ4v) is 2.70. The van der Waals surface area contributed by atoms with Crippen LogP contribution >= 0.6 is 23.4 Å². The molecule has 1 heterocycles. The minimum absolute atomic E-state index is 0.177. The molecule has 1 aromatic heterocycles. The molecule has 0 bridgehead atoms. The zero-order valence-corrected chi connectivity index (χ0v) is 13.0. The summed E-state index contributed by atoms with van der Waals surface area (Å²) in [5.74, 6) is 1.45. The number of rotatable bonds is 5. The molecular formula is C14H12ClN5OS. The van der Waals surface area contributed by atoms with Gasteiger partial charge in [0, 0.05) is 11.6 Å². The Morgan fingerprint density at radius 2 is 2.36 bits per heavy atom. The molecule has 0 atom stereocenters. The summed E-state index contributed by atoms with van der Waals surface area (Å²) in [5.41, 5.74) is 0.936. The van der Waals surface area contributed by atoms with Crippen LogP contribution in [0, 0.1) is 11.3 Å². The highest BCUT2D eigenvalue weighted by molar-refractivity contribution is 7.99. The van der Waals surface area contributed by atoms with Crippen LogP contribution in [0.1, 0.15) is 30.1 Å². The van der Waals surface area contributed by atoms with Crippen LogP contribution in [-0.4, -0.2) is 26.8 Å². The summed E-state index contributed by atoms with van der Waals surface area (Å²) < 4.78 is 0. The van der Waals surface area contributed by atoms with Crippen molar-refractivity contribution in [1.29, 1.82) is 5.26 Å². The van der Waals surface area contributed by atoms with Crippen LogP contribution in [0.5, 0.6) is 0 Å². The molecule has 0 radical (unpaired) electrons. The van der Waals surface area contributed by atoms with Gasteiger partial charge in [-0.25, -0.2) is 4.98 Å². The summed E-state index contributed by atoms with van der Waals surface area (Å²) in [5, 5.41) is 19.4. The maximum atomic E-state index is 11.9. The molecule has 1 aromatic carbocycles. The highest BCUT2D eigenvalue weighted by Crippen LogP contribution is 2.38. The molecule has 8 heteroatoms. The van der Waals surface area contributed by atoms with E-state index >= 15 is 0 Å². The van der Waals surface area contributed by atoms with E-state index in [9.17, 15) is 4.79 Å². The second kappa shape index (κ2) is 6.38. The lowest BCUT2D eigenvalue weighted by Gasteiger charge is -2.05. The first kappa shape index (κ1) is 14.9. The first-order valence-electron chi connectivity index (χ1n) is 6.70. The van der Waals surface area contributed by atoms with Crippen molar-refractivity contribution in [3.05, 3.63) is 34.6 Å². The summed E-state index contributed by atoms with van der Waals surface area (Å²) in [6.07, 6.45) is 2.30. The minimum atomic E-state index is -0.177. The molecule has 1 saturated carbocycles. The van der Waals surface area contributed by atoms with Crippen molar-refractivity contribution in [3.63, 3.8) is 0 Å². The van der Waals surface area contributed by atoms with Gasteiger partial charge in [-0.05, 0) is 31.0 Å². The van der Waals surface area contributed by atoms with Crippen molar-refractivity contribution >= 4 is 35.0 Å². The van der Waals surface area contributed by atoms with Crippen LogP contribution < -0.4 is 5.32 Å². The number of aromatic amines is 1. The number of H-pyrrole nitrogens is 1. The van der Waals surface area contributed by atoms with Crippen molar-refractivity contribution in [3.8, 4) is 6.07 Å². The van der Waals surface area contributed by atoms with E-state index in [1.54, 1.807) is 18.2 Å². The van der Waals surface area contributed by atoms with Crippen LogP contribution in [0.15, 0.2) is 23.4 Å². The Hall–Kier alpha value is -2.04. The second-order valence-corrected chi connectivity index (χ2v) is 6.27. The fraction of sp³-hybridized carbons (Fsp3) is 0.286. The number of amides is 1. The van der Waals surface area contributed by atoms with Gasteiger partial charge < -0.3 is 5.32 Å². The Kier molecular flexibility index (Phi) is 4.32. The molecule has 1 aliphatic rings. The number of hydrogen-bond acceptors (Lipinski definition) is 5. The third kappa shape index (κ3) is 3.59. The lowest BCUT2D eigenvalue weighted by atomic mass is 10.2. The predicted molar refractivity (Wildman–Crippen MR) is 83.9 cm³/mol. The van der Waals surface area contributed by atoms with Gasteiger partial charge in [0.25, 0.3) is 0 Å². The summed E-state index contributed by atoms with van der Waals surface area (Å²) >= 11 is 7.20. The number of nitriles is 1. The number of aromatic nitrogens is 3. The van der Waals surface area contributed by atoms with Gasteiger partial charge in [-0.3, -0.25) is 9.89 Å². The maximum absolute atomic E-state index is 11.9. The van der Waals surface area contributed by atoms with Gasteiger partial charge in [-0.1, -0.05) is 23.4 Å². The van der Waals surface area contributed by atoms with E-state index in [0.717, 1.165) is 18.7 Å². The SMILES string of the molecule is N#Cc1ccc(NC(=O)CSc2n[nH]c(C3CC3)n2)cc1Cl. The van der Waals surface area contributed by atoms with Gasteiger partial charge in [0.2, 0.25) is 11.1 Å². The highest BCUT2D eigenvalue weighted by atomic mass is 35.5. The molecule has 2 aromatic rings. The van der Waals surface area contributed by atoms with E-state index in [1.807, 2.05) is 6.07 Å². The molecule has 112 valence electrons. The normalized spacial score (nSPS) is 13.6. The number of halogens is 1. The van der Waals surface area contributed by atoms with E-state index in [1.165, 1.54) is 11.8 Å². The number of hydrogen-bond donors (Lipinski definition) is 2. The topological polar surface area (TPSA) is 94.5 Å². The van der Waals surface area contributed by atoms with E-state index in [4.69, 9.17) is 16.9 Å². The van der Waals surface area contributed by atoms with Gasteiger partial charge in [0.05, 0.1) is 16.3 Å². The van der Waals surface area contributed by atoms with Crippen molar-refractivity contribution in [1.82, 2.24) is 15.2 Å². The number of anilines is 1. The van der Waals surface area contributed by atoms with E-state index in [0.29, 0.717) is 27.3 Å². The first-order chi connectivity index (χ1) is 10.7. The molecule has 1 fully saturated rings. The highest BCUT2D eigenvalue weighted by Gasteiger charge is 2.27. The van der Waals surface area contributed by atoms with Gasteiger partial charge in [0.1, 0.15) is 11.9 Å². The van der Waals surface area contributed by atoms with Crippen molar-refractivity contribution in [2.24, 2.45) is 0 Å². The Labute approximate surface area is 136 Å². The van der Waals surface area contributed by atoms with E-state index in [-0.39, 0.29) is 11.7 Å². The molecule has 22 heavy (non-hydrogen) atoms. The second-order valence-electron chi connectivity index (χ2n) is 4.92. The monoisotopic (exact) mass is 333 g/mol. The van der Waals surface area contributed by atoms with E-state index in [2.05, 4.69) is 20.5 Å². The molecule has 0 saturated heterocycles. The number of carbonyl (C=O) groups is 1. The maximum Gasteiger partial charge on any atom is 0.234 e.